The number of carbonyl (C=O) groups is 2. The zero-order chi connectivity index (χ0) is 27.1. The van der Waals surface area contributed by atoms with Gasteiger partial charge in [0.15, 0.2) is 31.1 Å². The third-order valence-electron chi connectivity index (χ3n) is 6.10. The summed E-state index contributed by atoms with van der Waals surface area (Å²) in [5.74, 6) is -3.38. The summed E-state index contributed by atoms with van der Waals surface area (Å²) >= 11 is 0. The highest BCUT2D eigenvalue weighted by Gasteiger charge is 2.54. The van der Waals surface area contributed by atoms with Crippen LogP contribution in [0.3, 0.4) is 0 Å². The molecule has 208 valence electrons. The minimum Gasteiger partial charge on any atom is -0.479 e. The maximum atomic E-state index is 11.5. The minimum absolute atomic E-state index is 0.905. The summed E-state index contributed by atoms with van der Waals surface area (Å²) in [6.07, 6.45) is -26.6. The molecule has 12 N–H and O–H groups in total. The van der Waals surface area contributed by atoms with Gasteiger partial charge in [-0.05, 0) is 0 Å². The first kappa shape index (κ1) is 28.9. The molecule has 0 unspecified atom stereocenters. The van der Waals surface area contributed by atoms with Gasteiger partial charge in [0.25, 0.3) is 0 Å². The molecule has 0 spiro atoms. The van der Waals surface area contributed by atoms with E-state index in [4.69, 9.17) is 34.5 Å². The third-order valence-corrected chi connectivity index (χ3v) is 6.10. The van der Waals surface area contributed by atoms with E-state index in [2.05, 4.69) is 0 Å². The highest BCUT2D eigenvalue weighted by Crippen LogP contribution is 2.31. The molecule has 3 fully saturated rings. The summed E-state index contributed by atoms with van der Waals surface area (Å²) in [7, 11) is 0. The van der Waals surface area contributed by atoms with Crippen LogP contribution in [0.5, 0.6) is 0 Å². The van der Waals surface area contributed by atoms with Crippen molar-refractivity contribution in [1.82, 2.24) is 0 Å². The molecule has 36 heavy (non-hydrogen) atoms. The smallest absolute Gasteiger partial charge is 0.335 e. The lowest BCUT2D eigenvalue weighted by atomic mass is 9.95. The number of hydrogen-bond donors (Lipinski definition) is 11. The van der Waals surface area contributed by atoms with E-state index in [1.165, 1.54) is 0 Å². The highest BCUT2D eigenvalue weighted by molar-refractivity contribution is 5.73. The number of ether oxygens (including phenoxy) is 5. The number of aliphatic hydroxyl groups excluding tert-OH is 8. The van der Waals surface area contributed by atoms with E-state index in [9.17, 15) is 55.5 Å². The summed E-state index contributed by atoms with van der Waals surface area (Å²) in [5.41, 5.74) is 5.91. The molecule has 18 nitrogen and oxygen atoms in total. The summed E-state index contributed by atoms with van der Waals surface area (Å²) in [6.45, 7) is -0.905. The van der Waals surface area contributed by atoms with E-state index in [-0.39, 0.29) is 0 Å². The van der Waals surface area contributed by atoms with E-state index in [1.807, 2.05) is 0 Å². The molecule has 3 heterocycles. The fraction of sp³-hybridized carbons (Fsp3) is 0.889. The van der Waals surface area contributed by atoms with Crippen molar-refractivity contribution in [3.63, 3.8) is 0 Å². The Bertz CT molecular complexity index is 785. The van der Waals surface area contributed by atoms with Gasteiger partial charge in [-0.25, -0.2) is 9.59 Å². The van der Waals surface area contributed by atoms with Gasteiger partial charge in [0.2, 0.25) is 0 Å². The average Bonchev–Trinajstić information content (AvgIpc) is 2.82. The van der Waals surface area contributed by atoms with Gasteiger partial charge in [0.1, 0.15) is 54.9 Å². The Morgan fingerprint density at radius 1 is 0.667 bits per heavy atom. The van der Waals surface area contributed by atoms with Crippen molar-refractivity contribution in [1.29, 1.82) is 0 Å². The molecule has 0 radical (unpaired) electrons. The number of hydrogen-bond acceptors (Lipinski definition) is 16. The number of carboxylic acids is 2. The van der Waals surface area contributed by atoms with Crippen LogP contribution in [0.25, 0.3) is 0 Å². The number of nitrogens with two attached hydrogens (primary N) is 1. The van der Waals surface area contributed by atoms with Gasteiger partial charge in [-0.1, -0.05) is 0 Å². The Labute approximate surface area is 201 Å². The molecule has 3 rings (SSSR count). The number of rotatable bonds is 7. The lowest BCUT2D eigenvalue weighted by Crippen LogP contribution is -2.68. The van der Waals surface area contributed by atoms with E-state index in [1.54, 1.807) is 0 Å². The van der Waals surface area contributed by atoms with Crippen molar-refractivity contribution in [2.45, 2.75) is 92.1 Å². The second-order valence-electron chi connectivity index (χ2n) is 8.50. The van der Waals surface area contributed by atoms with Crippen LogP contribution in [0.15, 0.2) is 0 Å². The molecule has 3 aliphatic heterocycles. The zero-order valence-corrected chi connectivity index (χ0v) is 18.3. The summed E-state index contributed by atoms with van der Waals surface area (Å²) in [6, 6.07) is -1.60. The van der Waals surface area contributed by atoms with Gasteiger partial charge in [0, 0.05) is 0 Å². The fourth-order valence-corrected chi connectivity index (χ4v) is 4.05. The number of carboxylic acid groups (broad SMARTS) is 2. The largest absolute Gasteiger partial charge is 0.479 e. The molecule has 0 bridgehead atoms. The van der Waals surface area contributed by atoms with Crippen LogP contribution in [-0.4, -0.2) is 162 Å². The van der Waals surface area contributed by atoms with E-state index < -0.39 is 111 Å². The molecule has 0 aliphatic carbocycles. The molecule has 0 amide bonds. The molecule has 18 heteroatoms. The third kappa shape index (κ3) is 5.47. The van der Waals surface area contributed by atoms with Gasteiger partial charge in [-0.3, -0.25) is 0 Å². The van der Waals surface area contributed by atoms with Crippen LogP contribution in [0.4, 0.5) is 0 Å². The fourth-order valence-electron chi connectivity index (χ4n) is 4.05. The van der Waals surface area contributed by atoms with Gasteiger partial charge >= 0.3 is 11.9 Å². The quantitative estimate of drug-likeness (QED) is 0.145. The maximum Gasteiger partial charge on any atom is 0.335 e. The second kappa shape index (κ2) is 11.4. The van der Waals surface area contributed by atoms with Crippen LogP contribution in [-0.2, 0) is 33.3 Å². The monoisotopic (exact) mass is 531 g/mol. The highest BCUT2D eigenvalue weighted by atomic mass is 16.7. The predicted molar refractivity (Wildman–Crippen MR) is 104 cm³/mol. The van der Waals surface area contributed by atoms with Gasteiger partial charge < -0.3 is 80.5 Å². The SMILES string of the molecule is N[C@H]1[C@@H](O[C@H]2[C@H](O)[C@@H](O)[C@H](O)O[C@@H]2C(=O)O)O[C@H](CO)[C@@H](O[C@@H]2O[C@@H](C(=O)O)[C@@H](O)[C@H](O)[C@H]2O)[C@@H]1O. The van der Waals surface area contributed by atoms with Crippen molar-refractivity contribution in [2.24, 2.45) is 5.73 Å². The second-order valence-corrected chi connectivity index (χ2v) is 8.50. The van der Waals surface area contributed by atoms with Crippen LogP contribution in [0, 0.1) is 0 Å². The Kier molecular flexibility index (Phi) is 9.17. The van der Waals surface area contributed by atoms with Crippen LogP contribution in [0.1, 0.15) is 0 Å². The number of aliphatic hydroxyl groups is 8. The topological polar surface area (TPSA) is 309 Å². The van der Waals surface area contributed by atoms with Gasteiger partial charge in [-0.15, -0.1) is 0 Å². The Hall–Kier alpha value is -1.62. The van der Waals surface area contributed by atoms with E-state index >= 15 is 0 Å². The lowest BCUT2D eigenvalue weighted by molar-refractivity contribution is -0.358. The molecule has 15 atom stereocenters. The molecule has 3 aliphatic rings. The molecule has 0 saturated carbocycles. The standard InChI is InChI=1S/C18H29NO17/c19-3-4(21)10(34-18-9(26)5(22)6(23)12(36-18)14(27)28)2(1-20)32-17(3)35-11-7(24)8(25)16(31)33-13(11)15(29)30/h2-13,16-18,20-26,31H,1,19H2,(H,27,28)(H,29,30)/t2-,3-,4-,5+,6+,7-,8-,9-,10-,11+,12-,13+,16-,17-,18-/m1/s1. The van der Waals surface area contributed by atoms with E-state index in [0.29, 0.717) is 0 Å². The normalized spacial score (nSPS) is 50.0. The van der Waals surface area contributed by atoms with Crippen LogP contribution >= 0.6 is 0 Å². The molecule has 0 aromatic heterocycles. The first-order valence-electron chi connectivity index (χ1n) is 10.7. The zero-order valence-electron chi connectivity index (χ0n) is 18.3. The van der Waals surface area contributed by atoms with Crippen molar-refractivity contribution < 1.29 is 84.3 Å². The molecular formula is C18H29NO17. The summed E-state index contributed by atoms with van der Waals surface area (Å²) in [4.78, 5) is 22.8. The first-order chi connectivity index (χ1) is 16.8. The molecule has 3 saturated heterocycles. The number of aliphatic carboxylic acids is 2. The van der Waals surface area contributed by atoms with Crippen molar-refractivity contribution >= 4 is 11.9 Å². The van der Waals surface area contributed by atoms with Gasteiger partial charge in [-0.2, -0.15) is 0 Å². The summed E-state index contributed by atoms with van der Waals surface area (Å²) in [5, 5.41) is 98.3. The van der Waals surface area contributed by atoms with Crippen molar-refractivity contribution in [2.75, 3.05) is 6.61 Å². The first-order valence-corrected chi connectivity index (χ1v) is 10.7. The van der Waals surface area contributed by atoms with Gasteiger partial charge in [0.05, 0.1) is 12.6 Å². The lowest BCUT2D eigenvalue weighted by Gasteiger charge is -2.47. The van der Waals surface area contributed by atoms with Crippen molar-refractivity contribution in [3.05, 3.63) is 0 Å². The van der Waals surface area contributed by atoms with Crippen molar-refractivity contribution in [3.8, 4) is 0 Å². The average molecular weight is 531 g/mol. The molecule has 0 aromatic carbocycles. The molecular weight excluding hydrogens is 502 g/mol. The summed E-state index contributed by atoms with van der Waals surface area (Å²) < 4.78 is 25.9. The van der Waals surface area contributed by atoms with E-state index in [0.717, 1.165) is 0 Å². The minimum atomic E-state index is -2.05. The van der Waals surface area contributed by atoms with Crippen LogP contribution < -0.4 is 5.73 Å². The maximum absolute atomic E-state index is 11.5. The Morgan fingerprint density at radius 3 is 1.81 bits per heavy atom. The Balaban J connectivity index is 1.76. The predicted octanol–water partition coefficient (Wildman–Crippen LogP) is -7.42. The Morgan fingerprint density at radius 2 is 1.25 bits per heavy atom. The van der Waals surface area contributed by atoms with Crippen LogP contribution in [0.2, 0.25) is 0 Å². The molecule has 0 aromatic rings.